The summed E-state index contributed by atoms with van der Waals surface area (Å²) < 4.78 is 33.8. The fourth-order valence-electron chi connectivity index (χ4n) is 4.82. The van der Waals surface area contributed by atoms with Gasteiger partial charge in [-0.1, -0.05) is 12.1 Å². The summed E-state index contributed by atoms with van der Waals surface area (Å²) in [6, 6.07) is 14.3. The van der Waals surface area contributed by atoms with Crippen molar-refractivity contribution in [3.8, 4) is 34.5 Å². The first-order chi connectivity index (χ1) is 17.1. The lowest BCUT2D eigenvalue weighted by Crippen LogP contribution is -2.21. The number of ether oxygens (including phenoxy) is 6. The van der Waals surface area contributed by atoms with Crippen molar-refractivity contribution in [2.45, 2.75) is 12.3 Å². The Morgan fingerprint density at radius 3 is 2.40 bits per heavy atom. The van der Waals surface area contributed by atoms with Gasteiger partial charge < -0.3 is 28.4 Å². The van der Waals surface area contributed by atoms with Crippen LogP contribution < -0.4 is 28.4 Å². The third kappa shape index (κ3) is 3.21. The van der Waals surface area contributed by atoms with Gasteiger partial charge in [-0.05, 0) is 53.6 Å². The number of fused-ring (bicyclic) bond motifs is 5. The van der Waals surface area contributed by atoms with Crippen LogP contribution in [0.2, 0.25) is 0 Å². The molecule has 0 saturated carbocycles. The Labute approximate surface area is 199 Å². The van der Waals surface area contributed by atoms with E-state index in [1.165, 1.54) is 0 Å². The normalized spacial score (nSPS) is 20.2. The Kier molecular flexibility index (Phi) is 4.29. The van der Waals surface area contributed by atoms with Crippen LogP contribution in [-0.4, -0.2) is 31.8 Å². The van der Waals surface area contributed by atoms with E-state index >= 15 is 0 Å². The second-order valence-corrected chi connectivity index (χ2v) is 8.54. The Morgan fingerprint density at radius 1 is 0.743 bits per heavy atom. The van der Waals surface area contributed by atoms with E-state index in [1.807, 2.05) is 36.4 Å². The zero-order valence-electron chi connectivity index (χ0n) is 18.4. The van der Waals surface area contributed by atoms with Gasteiger partial charge in [0.15, 0.2) is 28.8 Å². The van der Waals surface area contributed by atoms with Gasteiger partial charge in [0.25, 0.3) is 0 Å². The summed E-state index contributed by atoms with van der Waals surface area (Å²) in [5, 5.41) is 0. The first-order valence-electron chi connectivity index (χ1n) is 11.2. The molecule has 0 bridgehead atoms. The molecule has 0 aliphatic carbocycles. The van der Waals surface area contributed by atoms with Gasteiger partial charge in [0, 0.05) is 11.5 Å². The molecule has 3 aromatic rings. The highest BCUT2D eigenvalue weighted by Gasteiger charge is 2.39. The van der Waals surface area contributed by atoms with Gasteiger partial charge in [-0.2, -0.15) is 0 Å². The summed E-state index contributed by atoms with van der Waals surface area (Å²) in [5.74, 6) is 2.60. The monoisotopic (exact) mass is 470 g/mol. The van der Waals surface area contributed by atoms with Crippen molar-refractivity contribution in [2.24, 2.45) is 0 Å². The minimum absolute atomic E-state index is 0.113. The zero-order valence-corrected chi connectivity index (χ0v) is 18.4. The summed E-state index contributed by atoms with van der Waals surface area (Å²) in [4.78, 5) is 25.7. The van der Waals surface area contributed by atoms with Crippen LogP contribution >= 0.6 is 0 Å². The first kappa shape index (κ1) is 20.0. The fourth-order valence-corrected chi connectivity index (χ4v) is 4.82. The molecule has 4 heterocycles. The third-order valence-corrected chi connectivity index (χ3v) is 6.44. The van der Waals surface area contributed by atoms with E-state index in [0.29, 0.717) is 58.8 Å². The molecule has 4 aliphatic heterocycles. The highest BCUT2D eigenvalue weighted by molar-refractivity contribution is 6.15. The highest BCUT2D eigenvalue weighted by atomic mass is 16.7. The van der Waals surface area contributed by atoms with Crippen LogP contribution in [0.15, 0.2) is 54.3 Å². The molecule has 0 radical (unpaired) electrons. The van der Waals surface area contributed by atoms with E-state index in [4.69, 9.17) is 28.4 Å². The van der Waals surface area contributed by atoms with E-state index in [-0.39, 0.29) is 36.6 Å². The van der Waals surface area contributed by atoms with Gasteiger partial charge in [-0.3, -0.25) is 9.59 Å². The lowest BCUT2D eigenvalue weighted by atomic mass is 9.84. The molecular weight excluding hydrogens is 452 g/mol. The lowest BCUT2D eigenvalue weighted by molar-refractivity contribution is -0.135. The van der Waals surface area contributed by atoms with E-state index < -0.39 is 0 Å². The van der Waals surface area contributed by atoms with E-state index in [1.54, 1.807) is 18.2 Å². The number of carbonyl (C=O) groups is 2. The SMILES string of the molecule is O=C1CC(c2ccc3c(c2)OCO3)c2c(ccc3c2O/C(=C\c2ccc4c(c2)OCCO4)C3=O)O1. The maximum Gasteiger partial charge on any atom is 0.312 e. The fraction of sp³-hybridized carbons (Fsp3) is 0.185. The molecule has 174 valence electrons. The Hall–Kier alpha value is -4.46. The van der Waals surface area contributed by atoms with Crippen molar-refractivity contribution in [3.05, 3.63) is 76.5 Å². The van der Waals surface area contributed by atoms with Crippen LogP contribution in [0.4, 0.5) is 0 Å². The number of benzene rings is 3. The minimum atomic E-state index is -0.364. The van der Waals surface area contributed by atoms with Crippen LogP contribution in [0.1, 0.15) is 39.4 Å². The molecule has 8 nitrogen and oxygen atoms in total. The molecule has 4 aliphatic rings. The molecule has 3 aromatic carbocycles. The predicted molar refractivity (Wildman–Crippen MR) is 121 cm³/mol. The topological polar surface area (TPSA) is 89.5 Å². The second kappa shape index (κ2) is 7.53. The molecular formula is C27H18O8. The lowest BCUT2D eigenvalue weighted by Gasteiger charge is -2.26. The first-order valence-corrected chi connectivity index (χ1v) is 11.2. The smallest absolute Gasteiger partial charge is 0.312 e. The van der Waals surface area contributed by atoms with Crippen LogP contribution in [-0.2, 0) is 4.79 Å². The van der Waals surface area contributed by atoms with Gasteiger partial charge in [0.1, 0.15) is 24.7 Å². The van der Waals surface area contributed by atoms with Crippen molar-refractivity contribution in [1.29, 1.82) is 0 Å². The summed E-state index contributed by atoms with van der Waals surface area (Å²) in [6.45, 7) is 1.13. The molecule has 0 N–H and O–H groups in total. The number of rotatable bonds is 2. The van der Waals surface area contributed by atoms with Gasteiger partial charge in [0.2, 0.25) is 12.6 Å². The quantitative estimate of drug-likeness (QED) is 0.312. The predicted octanol–water partition coefficient (Wildman–Crippen LogP) is 4.24. The summed E-state index contributed by atoms with van der Waals surface area (Å²) in [6.07, 6.45) is 1.79. The molecule has 1 atom stereocenters. The Balaban J connectivity index is 1.29. The van der Waals surface area contributed by atoms with E-state index in [9.17, 15) is 9.59 Å². The molecule has 35 heavy (non-hydrogen) atoms. The molecule has 0 saturated heterocycles. The summed E-state index contributed by atoms with van der Waals surface area (Å²) in [5.41, 5.74) is 2.69. The maximum absolute atomic E-state index is 13.2. The highest BCUT2D eigenvalue weighted by Crippen LogP contribution is 2.50. The van der Waals surface area contributed by atoms with Gasteiger partial charge in [-0.25, -0.2) is 0 Å². The molecule has 0 fully saturated rings. The van der Waals surface area contributed by atoms with E-state index in [0.717, 1.165) is 11.1 Å². The number of hydrogen-bond donors (Lipinski definition) is 0. The van der Waals surface area contributed by atoms with Crippen LogP contribution in [0, 0.1) is 0 Å². The number of Topliss-reactive ketones (excluding diaryl/α,β-unsaturated/α-hetero) is 1. The molecule has 0 amide bonds. The summed E-state index contributed by atoms with van der Waals surface area (Å²) >= 11 is 0. The third-order valence-electron chi connectivity index (χ3n) is 6.44. The molecule has 1 unspecified atom stereocenters. The molecule has 8 heteroatoms. The van der Waals surface area contributed by atoms with Crippen LogP contribution in [0.3, 0.4) is 0 Å². The molecule has 0 aromatic heterocycles. The van der Waals surface area contributed by atoms with Crippen molar-refractivity contribution < 1.29 is 38.0 Å². The van der Waals surface area contributed by atoms with Crippen molar-refractivity contribution in [3.63, 3.8) is 0 Å². The summed E-state index contributed by atoms with van der Waals surface area (Å²) in [7, 11) is 0. The number of ketones is 1. The van der Waals surface area contributed by atoms with Gasteiger partial charge in [-0.15, -0.1) is 0 Å². The minimum Gasteiger partial charge on any atom is -0.486 e. The Morgan fingerprint density at radius 2 is 1.49 bits per heavy atom. The van der Waals surface area contributed by atoms with Gasteiger partial charge >= 0.3 is 5.97 Å². The largest absolute Gasteiger partial charge is 0.486 e. The van der Waals surface area contributed by atoms with Crippen molar-refractivity contribution in [2.75, 3.05) is 20.0 Å². The molecule has 7 rings (SSSR count). The number of allylic oxidation sites excluding steroid dienone is 1. The van der Waals surface area contributed by atoms with Crippen molar-refractivity contribution in [1.82, 2.24) is 0 Å². The maximum atomic E-state index is 13.2. The van der Waals surface area contributed by atoms with E-state index in [2.05, 4.69) is 0 Å². The zero-order chi connectivity index (χ0) is 23.5. The van der Waals surface area contributed by atoms with Crippen molar-refractivity contribution >= 4 is 17.8 Å². The second-order valence-electron chi connectivity index (χ2n) is 8.54. The van der Waals surface area contributed by atoms with Crippen LogP contribution in [0.25, 0.3) is 6.08 Å². The number of esters is 1. The molecule has 0 spiro atoms. The average molecular weight is 470 g/mol. The van der Waals surface area contributed by atoms with Crippen LogP contribution in [0.5, 0.6) is 34.5 Å². The average Bonchev–Trinajstić information content (AvgIpc) is 3.47. The Bertz CT molecular complexity index is 1450. The number of hydrogen-bond acceptors (Lipinski definition) is 8. The van der Waals surface area contributed by atoms with Gasteiger partial charge in [0.05, 0.1) is 12.0 Å². The number of carbonyl (C=O) groups excluding carboxylic acids is 2. The standard InChI is InChI=1S/C27H18O8/c28-24-12-17(15-2-5-19-22(11-15)33-13-32-19)25-20(34-24)6-3-16-26(29)23(35-27(16)25)10-14-1-4-18-21(9-14)31-8-7-30-18/h1-6,9-11,17H,7-8,12-13H2/b23-10-.